The minimum absolute atomic E-state index is 0.225. The van der Waals surface area contributed by atoms with Crippen LogP contribution < -0.4 is 5.56 Å². The van der Waals surface area contributed by atoms with Crippen molar-refractivity contribution in [3.63, 3.8) is 0 Å². The molecule has 110 valence electrons. The minimum Gasteiger partial charge on any atom is -0.481 e. The average molecular weight is 285 g/mol. The largest absolute Gasteiger partial charge is 0.481 e. The van der Waals surface area contributed by atoms with E-state index in [2.05, 4.69) is 6.07 Å². The van der Waals surface area contributed by atoms with Crippen LogP contribution in [0.15, 0.2) is 35.1 Å². The van der Waals surface area contributed by atoms with Gasteiger partial charge in [0.05, 0.1) is 12.1 Å². The highest BCUT2D eigenvalue weighted by Gasteiger charge is 2.13. The molecule has 0 aliphatic rings. The maximum absolute atomic E-state index is 12.4. The van der Waals surface area contributed by atoms with Gasteiger partial charge in [0.15, 0.2) is 0 Å². The molecule has 4 nitrogen and oxygen atoms in total. The van der Waals surface area contributed by atoms with Crippen LogP contribution in [-0.2, 0) is 17.8 Å². The molecule has 0 spiro atoms. The maximum atomic E-state index is 12.4. The Morgan fingerprint density at radius 3 is 2.48 bits per heavy atom. The van der Waals surface area contributed by atoms with Crippen molar-refractivity contribution in [2.24, 2.45) is 0 Å². The predicted molar refractivity (Wildman–Crippen MR) is 82.6 cm³/mol. The first-order chi connectivity index (χ1) is 9.93. The van der Waals surface area contributed by atoms with Crippen molar-refractivity contribution in [1.29, 1.82) is 0 Å². The number of benzene rings is 1. The van der Waals surface area contributed by atoms with E-state index < -0.39 is 5.97 Å². The van der Waals surface area contributed by atoms with Gasteiger partial charge in [0.25, 0.3) is 5.56 Å². The number of aliphatic carboxylic acids is 1. The lowest BCUT2D eigenvalue weighted by atomic mass is 10.0. The fraction of sp³-hybridized carbons (Fsp3) is 0.294. The van der Waals surface area contributed by atoms with E-state index in [1.54, 1.807) is 10.6 Å². The molecule has 2 aromatic rings. The van der Waals surface area contributed by atoms with Crippen LogP contribution >= 0.6 is 0 Å². The third-order valence-electron chi connectivity index (χ3n) is 3.57. The summed E-state index contributed by atoms with van der Waals surface area (Å²) in [5.41, 5.74) is 4.19. The molecule has 1 heterocycles. The van der Waals surface area contributed by atoms with Crippen LogP contribution in [0.4, 0.5) is 0 Å². The second kappa shape index (κ2) is 5.95. The first kappa shape index (κ1) is 15.0. The Hall–Kier alpha value is -2.36. The number of hydrogen-bond acceptors (Lipinski definition) is 2. The Balaban J connectivity index is 2.62. The van der Waals surface area contributed by atoms with E-state index in [0.717, 1.165) is 16.8 Å². The average Bonchev–Trinajstić information content (AvgIpc) is 2.41. The monoisotopic (exact) mass is 285 g/mol. The van der Waals surface area contributed by atoms with Gasteiger partial charge in [-0.05, 0) is 32.4 Å². The summed E-state index contributed by atoms with van der Waals surface area (Å²) in [5.74, 6) is -0.992. The molecule has 0 aliphatic carbocycles. The van der Waals surface area contributed by atoms with Gasteiger partial charge in [-0.3, -0.25) is 9.59 Å². The number of pyridine rings is 1. The van der Waals surface area contributed by atoms with Gasteiger partial charge in [-0.1, -0.05) is 29.8 Å². The molecule has 0 amide bonds. The molecule has 0 radical (unpaired) electrons. The summed E-state index contributed by atoms with van der Waals surface area (Å²) in [7, 11) is 0. The van der Waals surface area contributed by atoms with Gasteiger partial charge >= 0.3 is 5.97 Å². The molecule has 1 aromatic heterocycles. The first-order valence-corrected chi connectivity index (χ1v) is 6.96. The van der Waals surface area contributed by atoms with E-state index in [0.29, 0.717) is 12.1 Å². The smallest absolute Gasteiger partial charge is 0.308 e. The SMILES string of the molecule is CCn1c(-c2ccc(C)cc2C)ccc(CC(=O)O)c1=O. The number of rotatable bonds is 4. The highest BCUT2D eigenvalue weighted by molar-refractivity contribution is 5.71. The molecule has 0 aliphatic heterocycles. The molecule has 2 rings (SSSR count). The van der Waals surface area contributed by atoms with Crippen molar-refractivity contribution in [3.05, 3.63) is 57.4 Å². The van der Waals surface area contributed by atoms with Crippen LogP contribution in [0, 0.1) is 13.8 Å². The molecule has 0 saturated carbocycles. The second-order valence-corrected chi connectivity index (χ2v) is 5.18. The molecule has 1 aromatic carbocycles. The molecule has 0 unspecified atom stereocenters. The van der Waals surface area contributed by atoms with E-state index in [1.165, 1.54) is 5.56 Å². The van der Waals surface area contributed by atoms with Crippen LogP contribution in [0.1, 0.15) is 23.6 Å². The normalized spacial score (nSPS) is 10.6. The van der Waals surface area contributed by atoms with E-state index in [4.69, 9.17) is 5.11 Å². The standard InChI is InChI=1S/C17H19NO3/c1-4-18-15(14-7-5-11(2)9-12(14)3)8-6-13(17(18)21)10-16(19)20/h5-9H,4,10H2,1-3H3,(H,19,20). The third-order valence-corrected chi connectivity index (χ3v) is 3.57. The minimum atomic E-state index is -0.992. The topological polar surface area (TPSA) is 59.3 Å². The van der Waals surface area contributed by atoms with Crippen LogP contribution in [0.2, 0.25) is 0 Å². The zero-order valence-corrected chi connectivity index (χ0v) is 12.5. The molecule has 0 saturated heterocycles. The van der Waals surface area contributed by atoms with Crippen molar-refractivity contribution in [1.82, 2.24) is 4.57 Å². The fourth-order valence-corrected chi connectivity index (χ4v) is 2.57. The summed E-state index contributed by atoms with van der Waals surface area (Å²) >= 11 is 0. The first-order valence-electron chi connectivity index (χ1n) is 6.96. The number of aryl methyl sites for hydroxylation is 2. The fourth-order valence-electron chi connectivity index (χ4n) is 2.57. The summed E-state index contributed by atoms with van der Waals surface area (Å²) < 4.78 is 1.63. The summed E-state index contributed by atoms with van der Waals surface area (Å²) in [5, 5.41) is 8.87. The number of carboxylic acid groups (broad SMARTS) is 1. The number of carboxylic acids is 1. The van der Waals surface area contributed by atoms with E-state index in [9.17, 15) is 9.59 Å². The van der Waals surface area contributed by atoms with Gasteiger partial charge in [-0.25, -0.2) is 0 Å². The molecule has 0 fully saturated rings. The summed E-state index contributed by atoms with van der Waals surface area (Å²) in [6, 6.07) is 9.55. The number of carbonyl (C=O) groups is 1. The van der Waals surface area contributed by atoms with E-state index in [1.807, 2.05) is 39.0 Å². The third kappa shape index (κ3) is 3.05. The maximum Gasteiger partial charge on any atom is 0.308 e. The van der Waals surface area contributed by atoms with Gasteiger partial charge in [-0.2, -0.15) is 0 Å². The lowest BCUT2D eigenvalue weighted by Crippen LogP contribution is -2.26. The molecule has 0 bridgehead atoms. The lowest BCUT2D eigenvalue weighted by Gasteiger charge is -2.15. The van der Waals surface area contributed by atoms with Crippen LogP contribution in [0.5, 0.6) is 0 Å². The van der Waals surface area contributed by atoms with E-state index in [-0.39, 0.29) is 12.0 Å². The summed E-state index contributed by atoms with van der Waals surface area (Å²) in [6.45, 7) is 6.44. The van der Waals surface area contributed by atoms with Gasteiger partial charge < -0.3 is 9.67 Å². The Morgan fingerprint density at radius 1 is 1.19 bits per heavy atom. The van der Waals surface area contributed by atoms with Crippen molar-refractivity contribution in [2.75, 3.05) is 0 Å². The van der Waals surface area contributed by atoms with E-state index >= 15 is 0 Å². The van der Waals surface area contributed by atoms with Crippen molar-refractivity contribution in [3.8, 4) is 11.3 Å². The molecule has 21 heavy (non-hydrogen) atoms. The molecular formula is C17H19NO3. The quantitative estimate of drug-likeness (QED) is 0.939. The Bertz CT molecular complexity index is 744. The zero-order chi connectivity index (χ0) is 15.6. The molecule has 4 heteroatoms. The molecule has 0 atom stereocenters. The Labute approximate surface area is 123 Å². The van der Waals surface area contributed by atoms with Crippen molar-refractivity contribution < 1.29 is 9.90 Å². The van der Waals surface area contributed by atoms with Gasteiger partial charge in [0.1, 0.15) is 0 Å². The van der Waals surface area contributed by atoms with Gasteiger partial charge in [0, 0.05) is 17.7 Å². The number of nitrogens with zero attached hydrogens (tertiary/aromatic N) is 1. The van der Waals surface area contributed by atoms with Gasteiger partial charge in [-0.15, -0.1) is 0 Å². The Kier molecular flexibility index (Phi) is 4.26. The predicted octanol–water partition coefficient (Wildman–Crippen LogP) is 2.78. The lowest BCUT2D eigenvalue weighted by molar-refractivity contribution is -0.136. The van der Waals surface area contributed by atoms with Gasteiger partial charge in [0.2, 0.25) is 0 Å². The summed E-state index contributed by atoms with van der Waals surface area (Å²) in [6.07, 6.45) is -0.244. The van der Waals surface area contributed by atoms with Crippen LogP contribution in [0.25, 0.3) is 11.3 Å². The van der Waals surface area contributed by atoms with Crippen molar-refractivity contribution >= 4 is 5.97 Å². The molecule has 1 N–H and O–H groups in total. The second-order valence-electron chi connectivity index (χ2n) is 5.18. The summed E-state index contributed by atoms with van der Waals surface area (Å²) in [4.78, 5) is 23.2. The zero-order valence-electron chi connectivity index (χ0n) is 12.5. The van der Waals surface area contributed by atoms with Crippen LogP contribution in [-0.4, -0.2) is 15.6 Å². The highest BCUT2D eigenvalue weighted by atomic mass is 16.4. The molecular weight excluding hydrogens is 266 g/mol. The highest BCUT2D eigenvalue weighted by Crippen LogP contribution is 2.23. The Morgan fingerprint density at radius 2 is 1.90 bits per heavy atom. The van der Waals surface area contributed by atoms with Crippen LogP contribution in [0.3, 0.4) is 0 Å². The van der Waals surface area contributed by atoms with Crippen molar-refractivity contribution in [2.45, 2.75) is 33.7 Å². The number of aromatic nitrogens is 1. The number of hydrogen-bond donors (Lipinski definition) is 1.